The first-order valence-electron chi connectivity index (χ1n) is 8.58. The minimum Gasteiger partial charge on any atom is -0.497 e. The van der Waals surface area contributed by atoms with Crippen molar-refractivity contribution in [3.8, 4) is 5.75 Å². The van der Waals surface area contributed by atoms with Crippen molar-refractivity contribution in [3.63, 3.8) is 0 Å². The molecule has 1 amide bonds. The largest absolute Gasteiger partial charge is 0.497 e. The molecular formula is C20H21N3O3S. The molecule has 1 heterocycles. The third kappa shape index (κ3) is 5.10. The Balaban J connectivity index is 1.56. The molecule has 2 aromatic carbocycles. The van der Waals surface area contributed by atoms with Crippen molar-refractivity contribution in [2.45, 2.75) is 18.5 Å². The SMILES string of the molecule is COc1ccc2nc(SCC(=O)c3ccc(CCNC(C)=O)cc3)[nH]c2c1. The Morgan fingerprint density at radius 1 is 1.19 bits per heavy atom. The summed E-state index contributed by atoms with van der Waals surface area (Å²) < 4.78 is 5.20. The summed E-state index contributed by atoms with van der Waals surface area (Å²) in [5.74, 6) is 1.08. The number of Topliss-reactive ketones (excluding diaryl/α,β-unsaturated/α-hetero) is 1. The van der Waals surface area contributed by atoms with Crippen LogP contribution in [0.5, 0.6) is 5.75 Å². The molecule has 0 aliphatic rings. The predicted molar refractivity (Wildman–Crippen MR) is 107 cm³/mol. The van der Waals surface area contributed by atoms with Crippen LogP contribution in [0.4, 0.5) is 0 Å². The average molecular weight is 383 g/mol. The van der Waals surface area contributed by atoms with Crippen molar-refractivity contribution in [1.29, 1.82) is 0 Å². The van der Waals surface area contributed by atoms with Crippen molar-refractivity contribution in [1.82, 2.24) is 15.3 Å². The van der Waals surface area contributed by atoms with Crippen LogP contribution in [0.1, 0.15) is 22.8 Å². The number of H-pyrrole nitrogens is 1. The second kappa shape index (κ2) is 8.73. The number of ketones is 1. The zero-order valence-electron chi connectivity index (χ0n) is 15.2. The van der Waals surface area contributed by atoms with Crippen LogP contribution in [0.3, 0.4) is 0 Å². The summed E-state index contributed by atoms with van der Waals surface area (Å²) in [6, 6.07) is 13.1. The van der Waals surface area contributed by atoms with Gasteiger partial charge < -0.3 is 15.0 Å². The van der Waals surface area contributed by atoms with Crippen LogP contribution >= 0.6 is 11.8 Å². The van der Waals surface area contributed by atoms with Crippen molar-refractivity contribution in [2.24, 2.45) is 0 Å². The fraction of sp³-hybridized carbons (Fsp3) is 0.250. The number of rotatable bonds is 8. The number of benzene rings is 2. The van der Waals surface area contributed by atoms with Gasteiger partial charge in [0.1, 0.15) is 5.75 Å². The lowest BCUT2D eigenvalue weighted by atomic mass is 10.1. The van der Waals surface area contributed by atoms with Gasteiger partial charge in [0, 0.05) is 25.1 Å². The molecule has 0 saturated carbocycles. The maximum atomic E-state index is 12.4. The smallest absolute Gasteiger partial charge is 0.216 e. The number of hydrogen-bond acceptors (Lipinski definition) is 5. The van der Waals surface area contributed by atoms with Gasteiger partial charge in [0.25, 0.3) is 0 Å². The van der Waals surface area contributed by atoms with Gasteiger partial charge in [-0.2, -0.15) is 0 Å². The standard InChI is InChI=1S/C20H21N3O3S/c1-13(24)21-10-9-14-3-5-15(6-4-14)19(25)12-27-20-22-17-8-7-16(26-2)11-18(17)23-20/h3-8,11H,9-10,12H2,1-2H3,(H,21,24)(H,22,23). The summed E-state index contributed by atoms with van der Waals surface area (Å²) in [5.41, 5.74) is 3.48. The third-order valence-electron chi connectivity index (χ3n) is 4.07. The average Bonchev–Trinajstić information content (AvgIpc) is 3.08. The summed E-state index contributed by atoms with van der Waals surface area (Å²) in [6.45, 7) is 2.09. The summed E-state index contributed by atoms with van der Waals surface area (Å²) in [4.78, 5) is 31.0. The topological polar surface area (TPSA) is 84.1 Å². The van der Waals surface area contributed by atoms with Gasteiger partial charge in [0.15, 0.2) is 10.9 Å². The molecule has 1 aromatic heterocycles. The minimum atomic E-state index is -0.0390. The van der Waals surface area contributed by atoms with Crippen LogP contribution in [0.15, 0.2) is 47.6 Å². The molecule has 7 heteroatoms. The van der Waals surface area contributed by atoms with E-state index >= 15 is 0 Å². The number of ether oxygens (including phenoxy) is 1. The second-order valence-corrected chi connectivity index (χ2v) is 7.03. The molecule has 0 bridgehead atoms. The summed E-state index contributed by atoms with van der Waals surface area (Å²) in [7, 11) is 1.62. The van der Waals surface area contributed by atoms with E-state index in [2.05, 4.69) is 15.3 Å². The molecule has 3 rings (SSSR count). The molecule has 0 aliphatic heterocycles. The second-order valence-electron chi connectivity index (χ2n) is 6.07. The molecule has 0 unspecified atom stereocenters. The number of aromatic amines is 1. The molecule has 6 nitrogen and oxygen atoms in total. The molecule has 0 atom stereocenters. The van der Waals surface area contributed by atoms with Crippen LogP contribution < -0.4 is 10.1 Å². The van der Waals surface area contributed by atoms with Crippen LogP contribution in [0.25, 0.3) is 11.0 Å². The number of amides is 1. The van der Waals surface area contributed by atoms with Gasteiger partial charge in [-0.1, -0.05) is 36.0 Å². The highest BCUT2D eigenvalue weighted by molar-refractivity contribution is 7.99. The molecule has 0 radical (unpaired) electrons. The Morgan fingerprint density at radius 3 is 2.67 bits per heavy atom. The fourth-order valence-corrected chi connectivity index (χ4v) is 3.40. The predicted octanol–water partition coefficient (Wildman–Crippen LogP) is 3.23. The Morgan fingerprint density at radius 2 is 1.96 bits per heavy atom. The Hall–Kier alpha value is -2.80. The Kier molecular flexibility index (Phi) is 6.13. The first-order valence-corrected chi connectivity index (χ1v) is 9.57. The van der Waals surface area contributed by atoms with E-state index < -0.39 is 0 Å². The molecule has 27 heavy (non-hydrogen) atoms. The Bertz CT molecular complexity index is 951. The van der Waals surface area contributed by atoms with E-state index in [0.717, 1.165) is 28.8 Å². The van der Waals surface area contributed by atoms with Gasteiger partial charge in [-0.25, -0.2) is 4.98 Å². The van der Waals surface area contributed by atoms with Crippen molar-refractivity contribution < 1.29 is 14.3 Å². The van der Waals surface area contributed by atoms with Crippen LogP contribution in [0, 0.1) is 0 Å². The lowest BCUT2D eigenvalue weighted by Crippen LogP contribution is -2.22. The maximum absolute atomic E-state index is 12.4. The van der Waals surface area contributed by atoms with E-state index in [-0.39, 0.29) is 11.7 Å². The normalized spacial score (nSPS) is 10.7. The van der Waals surface area contributed by atoms with Crippen LogP contribution in [-0.4, -0.2) is 41.1 Å². The number of hydrogen-bond donors (Lipinski definition) is 2. The monoisotopic (exact) mass is 383 g/mol. The first kappa shape index (κ1) is 19.0. The number of carbonyl (C=O) groups excluding carboxylic acids is 2. The number of methoxy groups -OCH3 is 1. The number of nitrogens with one attached hydrogen (secondary N) is 2. The molecule has 0 spiro atoms. The number of thioether (sulfide) groups is 1. The summed E-state index contributed by atoms with van der Waals surface area (Å²) in [6.07, 6.45) is 0.741. The zero-order valence-corrected chi connectivity index (χ0v) is 16.1. The zero-order chi connectivity index (χ0) is 19.2. The highest BCUT2D eigenvalue weighted by Gasteiger charge is 2.10. The van der Waals surface area contributed by atoms with Crippen molar-refractivity contribution >= 4 is 34.5 Å². The van der Waals surface area contributed by atoms with Gasteiger partial charge in [-0.3, -0.25) is 9.59 Å². The third-order valence-corrected chi connectivity index (χ3v) is 4.94. The van der Waals surface area contributed by atoms with Gasteiger partial charge in [-0.15, -0.1) is 0 Å². The highest BCUT2D eigenvalue weighted by atomic mass is 32.2. The fourth-order valence-electron chi connectivity index (χ4n) is 2.62. The molecule has 0 saturated heterocycles. The van der Waals surface area contributed by atoms with Gasteiger partial charge in [-0.05, 0) is 24.1 Å². The molecule has 140 valence electrons. The highest BCUT2D eigenvalue weighted by Crippen LogP contribution is 2.23. The van der Waals surface area contributed by atoms with E-state index in [4.69, 9.17) is 4.74 Å². The maximum Gasteiger partial charge on any atom is 0.216 e. The summed E-state index contributed by atoms with van der Waals surface area (Å²) >= 11 is 1.38. The quantitative estimate of drug-likeness (QED) is 0.461. The minimum absolute atomic E-state index is 0.0390. The molecule has 3 aromatic rings. The number of nitrogens with zero attached hydrogens (tertiary/aromatic N) is 1. The van der Waals surface area contributed by atoms with E-state index in [0.29, 0.717) is 23.0 Å². The lowest BCUT2D eigenvalue weighted by Gasteiger charge is -2.04. The number of carbonyl (C=O) groups is 2. The van der Waals surface area contributed by atoms with E-state index in [9.17, 15) is 9.59 Å². The van der Waals surface area contributed by atoms with E-state index in [1.807, 2.05) is 42.5 Å². The number of fused-ring (bicyclic) bond motifs is 1. The molecular weight excluding hydrogens is 362 g/mol. The van der Waals surface area contributed by atoms with Crippen LogP contribution in [0.2, 0.25) is 0 Å². The van der Waals surface area contributed by atoms with E-state index in [1.54, 1.807) is 7.11 Å². The van der Waals surface area contributed by atoms with Gasteiger partial charge in [0.05, 0.1) is 23.9 Å². The molecule has 0 fully saturated rings. The lowest BCUT2D eigenvalue weighted by molar-refractivity contribution is -0.118. The van der Waals surface area contributed by atoms with Gasteiger partial charge in [0.2, 0.25) is 5.91 Å². The van der Waals surface area contributed by atoms with Crippen LogP contribution in [-0.2, 0) is 11.2 Å². The molecule has 2 N–H and O–H groups in total. The van der Waals surface area contributed by atoms with E-state index in [1.165, 1.54) is 18.7 Å². The Labute approximate surface area is 161 Å². The van der Waals surface area contributed by atoms with Crippen molar-refractivity contribution in [3.05, 3.63) is 53.6 Å². The number of imidazole rings is 1. The first-order chi connectivity index (χ1) is 13.0. The molecule has 0 aliphatic carbocycles. The van der Waals surface area contributed by atoms with Gasteiger partial charge >= 0.3 is 0 Å². The number of aromatic nitrogens is 2. The van der Waals surface area contributed by atoms with Crippen molar-refractivity contribution in [2.75, 3.05) is 19.4 Å². The summed E-state index contributed by atoms with van der Waals surface area (Å²) in [5, 5.41) is 3.47.